The first-order chi connectivity index (χ1) is 13.6. The van der Waals surface area contributed by atoms with Gasteiger partial charge < -0.3 is 20.9 Å². The molecule has 2 amide bonds. The van der Waals surface area contributed by atoms with Gasteiger partial charge in [0, 0.05) is 64.0 Å². The van der Waals surface area contributed by atoms with Gasteiger partial charge in [0.15, 0.2) is 0 Å². The number of nitrogens with one attached hydrogen (secondary N) is 1. The second-order valence-electron chi connectivity index (χ2n) is 6.74. The van der Waals surface area contributed by atoms with Crippen LogP contribution in [0.15, 0.2) is 48.8 Å². The van der Waals surface area contributed by atoms with E-state index in [0.29, 0.717) is 38.7 Å². The molecule has 1 unspecified atom stereocenters. The Hall–Kier alpha value is -2.42. The van der Waals surface area contributed by atoms with Crippen molar-refractivity contribution >= 4 is 42.6 Å². The van der Waals surface area contributed by atoms with Crippen LogP contribution in [0.5, 0.6) is 0 Å². The molecule has 3 N–H and O–H groups in total. The van der Waals surface area contributed by atoms with E-state index in [4.69, 9.17) is 5.73 Å². The maximum absolute atomic E-state index is 12.4. The number of carbonyl (C=O) groups is 2. The number of amides is 2. The molecule has 1 fully saturated rings. The second-order valence-corrected chi connectivity index (χ2v) is 6.74. The van der Waals surface area contributed by atoms with E-state index in [1.54, 1.807) is 18.5 Å². The maximum atomic E-state index is 12.4. The van der Waals surface area contributed by atoms with E-state index in [0.717, 1.165) is 5.56 Å². The summed E-state index contributed by atoms with van der Waals surface area (Å²) in [5.41, 5.74) is 6.98. The van der Waals surface area contributed by atoms with Crippen molar-refractivity contribution in [2.75, 3.05) is 37.6 Å². The Morgan fingerprint density at radius 2 is 1.63 bits per heavy atom. The first kappa shape index (κ1) is 25.6. The van der Waals surface area contributed by atoms with E-state index >= 15 is 0 Å². The minimum atomic E-state index is -0.342. The Kier molecular flexibility index (Phi) is 11.1. The molecule has 10 heteroatoms. The number of hydrogen-bond donors (Lipinski definition) is 2. The number of nitrogens with zero attached hydrogens (tertiary/aromatic N) is 4. The summed E-state index contributed by atoms with van der Waals surface area (Å²) in [6, 6.07) is 11.0. The molecule has 164 valence electrons. The summed E-state index contributed by atoms with van der Waals surface area (Å²) in [6.45, 7) is 2.98. The monoisotopic (exact) mass is 454 g/mol. The van der Waals surface area contributed by atoms with Crippen LogP contribution in [0.25, 0.3) is 0 Å². The van der Waals surface area contributed by atoms with Crippen molar-refractivity contribution in [1.29, 1.82) is 0 Å². The number of hydrogen-bond acceptors (Lipinski definition) is 6. The molecule has 1 aliphatic rings. The summed E-state index contributed by atoms with van der Waals surface area (Å²) in [7, 11) is 0. The van der Waals surface area contributed by atoms with Gasteiger partial charge in [-0.1, -0.05) is 30.3 Å². The zero-order valence-corrected chi connectivity index (χ0v) is 18.3. The van der Waals surface area contributed by atoms with Gasteiger partial charge >= 0.3 is 0 Å². The third-order valence-corrected chi connectivity index (χ3v) is 4.76. The fourth-order valence-electron chi connectivity index (χ4n) is 3.17. The predicted molar refractivity (Wildman–Crippen MR) is 121 cm³/mol. The normalized spacial score (nSPS) is 14.2. The van der Waals surface area contributed by atoms with E-state index in [1.165, 1.54) is 0 Å². The summed E-state index contributed by atoms with van der Waals surface area (Å²) in [6.07, 6.45) is 3.92. The Morgan fingerprint density at radius 3 is 2.27 bits per heavy atom. The Balaban J connectivity index is 0.00000225. The van der Waals surface area contributed by atoms with Crippen LogP contribution in [0.3, 0.4) is 0 Å². The number of halogens is 2. The van der Waals surface area contributed by atoms with E-state index in [1.807, 2.05) is 35.2 Å². The van der Waals surface area contributed by atoms with Crippen molar-refractivity contribution in [3.05, 3.63) is 54.4 Å². The largest absolute Gasteiger partial charge is 0.356 e. The van der Waals surface area contributed by atoms with Gasteiger partial charge in [-0.2, -0.15) is 0 Å². The molecule has 30 heavy (non-hydrogen) atoms. The number of aromatic nitrogens is 2. The van der Waals surface area contributed by atoms with Gasteiger partial charge in [-0.25, -0.2) is 9.97 Å². The van der Waals surface area contributed by atoms with Crippen molar-refractivity contribution in [2.45, 2.75) is 18.9 Å². The van der Waals surface area contributed by atoms with Gasteiger partial charge in [0.05, 0.1) is 0 Å². The number of benzene rings is 1. The lowest BCUT2D eigenvalue weighted by Crippen LogP contribution is -2.49. The molecule has 1 aromatic carbocycles. The van der Waals surface area contributed by atoms with Crippen LogP contribution in [0.4, 0.5) is 5.95 Å². The van der Waals surface area contributed by atoms with Crippen molar-refractivity contribution in [1.82, 2.24) is 20.2 Å². The van der Waals surface area contributed by atoms with Gasteiger partial charge in [0.2, 0.25) is 17.8 Å². The lowest BCUT2D eigenvalue weighted by atomic mass is 10.0. The molecular weight excluding hydrogens is 427 g/mol. The predicted octanol–water partition coefficient (Wildman–Crippen LogP) is 1.57. The molecule has 1 saturated heterocycles. The Bertz CT molecular complexity index is 773. The number of rotatable bonds is 7. The molecule has 0 bridgehead atoms. The highest BCUT2D eigenvalue weighted by Gasteiger charge is 2.22. The fraction of sp³-hybridized carbons (Fsp3) is 0.400. The fourth-order valence-corrected chi connectivity index (χ4v) is 3.17. The number of carbonyl (C=O) groups excluding carboxylic acids is 2. The SMILES string of the molecule is Cl.Cl.NC(CC(=O)NCCC(=O)N1CCN(c2ncccn2)CC1)c1ccccc1. The first-order valence-corrected chi connectivity index (χ1v) is 9.50. The van der Waals surface area contributed by atoms with Gasteiger partial charge in [0.1, 0.15) is 0 Å². The average molecular weight is 455 g/mol. The van der Waals surface area contributed by atoms with Crippen molar-refractivity contribution < 1.29 is 9.59 Å². The summed E-state index contributed by atoms with van der Waals surface area (Å²) in [4.78, 5) is 36.8. The van der Waals surface area contributed by atoms with Gasteiger partial charge in [-0.3, -0.25) is 9.59 Å². The highest BCUT2D eigenvalue weighted by molar-refractivity contribution is 5.85. The Morgan fingerprint density at radius 1 is 1.00 bits per heavy atom. The summed E-state index contributed by atoms with van der Waals surface area (Å²) >= 11 is 0. The van der Waals surface area contributed by atoms with Gasteiger partial charge in [-0.05, 0) is 11.6 Å². The number of anilines is 1. The van der Waals surface area contributed by atoms with Crippen LogP contribution < -0.4 is 16.0 Å². The average Bonchev–Trinajstić information content (AvgIpc) is 2.75. The third-order valence-electron chi connectivity index (χ3n) is 4.76. The van der Waals surface area contributed by atoms with Crippen LogP contribution in [-0.4, -0.2) is 59.4 Å². The number of nitrogens with two attached hydrogens (primary N) is 1. The molecule has 2 aromatic rings. The molecular formula is C20H28Cl2N6O2. The van der Waals surface area contributed by atoms with Crippen LogP contribution >= 0.6 is 24.8 Å². The van der Waals surface area contributed by atoms with Crippen LogP contribution in [-0.2, 0) is 9.59 Å². The maximum Gasteiger partial charge on any atom is 0.225 e. The quantitative estimate of drug-likeness (QED) is 0.657. The molecule has 1 atom stereocenters. The van der Waals surface area contributed by atoms with Gasteiger partial charge in [-0.15, -0.1) is 24.8 Å². The molecule has 0 aliphatic carbocycles. The molecule has 0 saturated carbocycles. The molecule has 0 spiro atoms. The lowest BCUT2D eigenvalue weighted by Gasteiger charge is -2.34. The molecule has 8 nitrogen and oxygen atoms in total. The van der Waals surface area contributed by atoms with Gasteiger partial charge in [0.25, 0.3) is 0 Å². The van der Waals surface area contributed by atoms with Crippen molar-refractivity contribution in [2.24, 2.45) is 5.73 Å². The van der Waals surface area contributed by atoms with Crippen molar-refractivity contribution in [3.63, 3.8) is 0 Å². The first-order valence-electron chi connectivity index (χ1n) is 9.50. The zero-order valence-electron chi connectivity index (χ0n) is 16.6. The zero-order chi connectivity index (χ0) is 19.8. The van der Waals surface area contributed by atoms with Crippen LogP contribution in [0, 0.1) is 0 Å². The van der Waals surface area contributed by atoms with E-state index in [9.17, 15) is 9.59 Å². The highest BCUT2D eigenvalue weighted by atomic mass is 35.5. The van der Waals surface area contributed by atoms with Crippen molar-refractivity contribution in [3.8, 4) is 0 Å². The lowest BCUT2D eigenvalue weighted by molar-refractivity contribution is -0.131. The molecule has 0 radical (unpaired) electrons. The second kappa shape index (κ2) is 13.0. The third kappa shape index (κ3) is 7.44. The summed E-state index contributed by atoms with van der Waals surface area (Å²) in [5.74, 6) is 0.591. The minimum absolute atomic E-state index is 0. The molecule has 2 heterocycles. The smallest absolute Gasteiger partial charge is 0.225 e. The summed E-state index contributed by atoms with van der Waals surface area (Å²) < 4.78 is 0. The Labute approximate surface area is 189 Å². The van der Waals surface area contributed by atoms with Crippen LogP contribution in [0.1, 0.15) is 24.4 Å². The topological polar surface area (TPSA) is 104 Å². The standard InChI is InChI=1S/C20H26N6O2.2ClH/c21-17(16-5-2-1-3-6-16)15-18(27)22-10-7-19(28)25-11-13-26(14-12-25)20-23-8-4-9-24-20;;/h1-6,8-9,17H,7,10-15,21H2,(H,22,27);2*1H. The highest BCUT2D eigenvalue weighted by Crippen LogP contribution is 2.13. The summed E-state index contributed by atoms with van der Waals surface area (Å²) in [5, 5.41) is 2.79. The molecule has 3 rings (SSSR count). The number of piperazine rings is 1. The van der Waals surface area contributed by atoms with Crippen LogP contribution in [0.2, 0.25) is 0 Å². The minimum Gasteiger partial charge on any atom is -0.356 e. The molecule has 1 aromatic heterocycles. The molecule has 1 aliphatic heterocycles. The van der Waals surface area contributed by atoms with E-state index in [-0.39, 0.29) is 55.5 Å². The van der Waals surface area contributed by atoms with E-state index < -0.39 is 0 Å². The van der Waals surface area contributed by atoms with E-state index in [2.05, 4.69) is 20.2 Å².